The van der Waals surface area contributed by atoms with E-state index >= 15 is 0 Å². The number of likely N-dealkylation sites (tertiary alicyclic amines) is 1. The van der Waals surface area contributed by atoms with Gasteiger partial charge in [-0.2, -0.15) is 0 Å². The zero-order chi connectivity index (χ0) is 14.5. The molecule has 112 valence electrons. The van der Waals surface area contributed by atoms with Crippen LogP contribution >= 0.6 is 0 Å². The largest absolute Gasteiger partial charge is 0.385 e. The lowest BCUT2D eigenvalue weighted by Crippen LogP contribution is -2.38. The van der Waals surface area contributed by atoms with E-state index in [0.29, 0.717) is 0 Å². The Morgan fingerprint density at radius 3 is 2.81 bits per heavy atom. The third kappa shape index (κ3) is 3.76. The molecule has 2 aromatic rings. The predicted octanol–water partition coefficient (Wildman–Crippen LogP) is 4.52. The molecule has 0 bridgehead atoms. The van der Waals surface area contributed by atoms with Gasteiger partial charge in [-0.3, -0.25) is 0 Å². The van der Waals surface area contributed by atoms with Gasteiger partial charge in [-0.15, -0.1) is 0 Å². The molecule has 1 N–H and O–H groups in total. The van der Waals surface area contributed by atoms with Gasteiger partial charge in [0, 0.05) is 24.8 Å². The zero-order valence-corrected chi connectivity index (χ0v) is 13.0. The Morgan fingerprint density at radius 1 is 1.10 bits per heavy atom. The SMILES string of the molecule is CC1CCCCN1CCCNc1ccc2ccccc2c1. The molecule has 1 saturated heterocycles. The Bertz CT molecular complexity index is 579. The minimum absolute atomic E-state index is 0.777. The van der Waals surface area contributed by atoms with E-state index in [9.17, 15) is 0 Å². The van der Waals surface area contributed by atoms with Gasteiger partial charge in [0.05, 0.1) is 0 Å². The topological polar surface area (TPSA) is 15.3 Å². The summed E-state index contributed by atoms with van der Waals surface area (Å²) in [5.74, 6) is 0. The van der Waals surface area contributed by atoms with Crippen molar-refractivity contribution in [2.75, 3.05) is 25.0 Å². The Hall–Kier alpha value is -1.54. The lowest BCUT2D eigenvalue weighted by atomic mass is 10.0. The molecule has 21 heavy (non-hydrogen) atoms. The fourth-order valence-electron chi connectivity index (χ4n) is 3.30. The lowest BCUT2D eigenvalue weighted by Gasteiger charge is -2.33. The van der Waals surface area contributed by atoms with E-state index in [0.717, 1.165) is 12.6 Å². The van der Waals surface area contributed by atoms with Crippen molar-refractivity contribution in [2.24, 2.45) is 0 Å². The molecule has 0 radical (unpaired) electrons. The second kappa shape index (κ2) is 6.95. The molecule has 3 rings (SSSR count). The minimum Gasteiger partial charge on any atom is -0.385 e. The van der Waals surface area contributed by atoms with Crippen molar-refractivity contribution in [1.82, 2.24) is 4.90 Å². The number of fused-ring (bicyclic) bond motifs is 1. The Morgan fingerprint density at radius 2 is 1.95 bits per heavy atom. The summed E-state index contributed by atoms with van der Waals surface area (Å²) >= 11 is 0. The van der Waals surface area contributed by atoms with Crippen LogP contribution in [0, 0.1) is 0 Å². The van der Waals surface area contributed by atoms with Crippen LogP contribution in [0.2, 0.25) is 0 Å². The second-order valence-electron chi connectivity index (χ2n) is 6.22. The van der Waals surface area contributed by atoms with Crippen LogP contribution in [0.4, 0.5) is 5.69 Å². The smallest absolute Gasteiger partial charge is 0.0346 e. The van der Waals surface area contributed by atoms with Crippen LogP contribution in [0.5, 0.6) is 0 Å². The number of hydrogen-bond acceptors (Lipinski definition) is 2. The van der Waals surface area contributed by atoms with E-state index in [1.807, 2.05) is 0 Å². The fraction of sp³-hybridized carbons (Fsp3) is 0.474. The van der Waals surface area contributed by atoms with Crippen LogP contribution in [-0.2, 0) is 0 Å². The quantitative estimate of drug-likeness (QED) is 0.811. The standard InChI is InChI=1S/C19H26N2/c1-16-7-4-5-13-21(16)14-6-12-20-19-11-10-17-8-2-3-9-18(17)15-19/h2-3,8-11,15-16,20H,4-7,12-14H2,1H3. The number of nitrogens with one attached hydrogen (secondary N) is 1. The number of hydrogen-bond donors (Lipinski definition) is 1. The normalized spacial score (nSPS) is 19.8. The maximum atomic E-state index is 3.56. The van der Waals surface area contributed by atoms with E-state index in [1.165, 1.54) is 55.2 Å². The van der Waals surface area contributed by atoms with Gasteiger partial charge in [0.1, 0.15) is 0 Å². The lowest BCUT2D eigenvalue weighted by molar-refractivity contribution is 0.160. The van der Waals surface area contributed by atoms with Crippen LogP contribution in [-0.4, -0.2) is 30.6 Å². The summed E-state index contributed by atoms with van der Waals surface area (Å²) < 4.78 is 0. The van der Waals surface area contributed by atoms with Gasteiger partial charge in [-0.05, 0) is 55.6 Å². The summed E-state index contributed by atoms with van der Waals surface area (Å²) in [5.41, 5.74) is 1.24. The van der Waals surface area contributed by atoms with E-state index in [1.54, 1.807) is 0 Å². The summed E-state index contributed by atoms with van der Waals surface area (Å²) in [4.78, 5) is 2.64. The molecule has 0 aliphatic carbocycles. The molecule has 0 spiro atoms. The summed E-state index contributed by atoms with van der Waals surface area (Å²) in [6.07, 6.45) is 5.38. The van der Waals surface area contributed by atoms with Gasteiger partial charge in [-0.25, -0.2) is 0 Å². The maximum absolute atomic E-state index is 3.56. The molecule has 2 aromatic carbocycles. The molecule has 0 aromatic heterocycles. The Balaban J connectivity index is 1.48. The highest BCUT2D eigenvalue weighted by Crippen LogP contribution is 2.19. The molecule has 1 unspecified atom stereocenters. The van der Waals surface area contributed by atoms with Gasteiger partial charge in [0.25, 0.3) is 0 Å². The van der Waals surface area contributed by atoms with Crippen molar-refractivity contribution >= 4 is 16.5 Å². The first-order valence-corrected chi connectivity index (χ1v) is 8.30. The minimum atomic E-state index is 0.777. The summed E-state index contributed by atoms with van der Waals surface area (Å²) in [7, 11) is 0. The predicted molar refractivity (Wildman–Crippen MR) is 91.9 cm³/mol. The van der Waals surface area contributed by atoms with Crippen LogP contribution in [0.15, 0.2) is 42.5 Å². The molecule has 0 saturated carbocycles. The van der Waals surface area contributed by atoms with Gasteiger partial charge >= 0.3 is 0 Å². The number of rotatable bonds is 5. The van der Waals surface area contributed by atoms with Crippen molar-refractivity contribution in [2.45, 2.75) is 38.6 Å². The number of piperidine rings is 1. The Kier molecular flexibility index (Phi) is 4.76. The molecule has 1 heterocycles. The van der Waals surface area contributed by atoms with Crippen LogP contribution < -0.4 is 5.32 Å². The zero-order valence-electron chi connectivity index (χ0n) is 13.0. The van der Waals surface area contributed by atoms with Crippen molar-refractivity contribution < 1.29 is 0 Å². The van der Waals surface area contributed by atoms with Crippen LogP contribution in [0.3, 0.4) is 0 Å². The van der Waals surface area contributed by atoms with Gasteiger partial charge in [0.15, 0.2) is 0 Å². The first kappa shape index (κ1) is 14.4. The fourth-order valence-corrected chi connectivity index (χ4v) is 3.30. The molecule has 2 nitrogen and oxygen atoms in total. The first-order valence-electron chi connectivity index (χ1n) is 8.30. The van der Waals surface area contributed by atoms with E-state index in [4.69, 9.17) is 0 Å². The number of benzene rings is 2. The third-order valence-electron chi connectivity index (χ3n) is 4.64. The highest BCUT2D eigenvalue weighted by atomic mass is 15.2. The molecule has 0 amide bonds. The molecule has 1 aliphatic rings. The molecule has 1 fully saturated rings. The summed E-state index contributed by atoms with van der Waals surface area (Å²) in [6.45, 7) is 5.94. The highest BCUT2D eigenvalue weighted by molar-refractivity contribution is 5.85. The summed E-state index contributed by atoms with van der Waals surface area (Å²) in [5, 5.41) is 6.19. The van der Waals surface area contributed by atoms with Gasteiger partial charge in [0.2, 0.25) is 0 Å². The third-order valence-corrected chi connectivity index (χ3v) is 4.64. The Labute approximate surface area is 128 Å². The molecular formula is C19H26N2. The summed E-state index contributed by atoms with van der Waals surface area (Å²) in [6, 6.07) is 15.9. The number of nitrogens with zero attached hydrogens (tertiary/aromatic N) is 1. The highest BCUT2D eigenvalue weighted by Gasteiger charge is 2.16. The van der Waals surface area contributed by atoms with Crippen molar-refractivity contribution in [3.8, 4) is 0 Å². The monoisotopic (exact) mass is 282 g/mol. The van der Waals surface area contributed by atoms with E-state index < -0.39 is 0 Å². The van der Waals surface area contributed by atoms with Crippen molar-refractivity contribution in [3.05, 3.63) is 42.5 Å². The van der Waals surface area contributed by atoms with Gasteiger partial charge in [-0.1, -0.05) is 36.8 Å². The van der Waals surface area contributed by atoms with Crippen molar-refractivity contribution in [1.29, 1.82) is 0 Å². The van der Waals surface area contributed by atoms with Crippen LogP contribution in [0.1, 0.15) is 32.6 Å². The molecule has 1 aliphatic heterocycles. The van der Waals surface area contributed by atoms with Crippen molar-refractivity contribution in [3.63, 3.8) is 0 Å². The van der Waals surface area contributed by atoms with E-state index in [-0.39, 0.29) is 0 Å². The average Bonchev–Trinajstić information content (AvgIpc) is 2.53. The average molecular weight is 282 g/mol. The number of anilines is 1. The second-order valence-corrected chi connectivity index (χ2v) is 6.22. The van der Waals surface area contributed by atoms with Gasteiger partial charge < -0.3 is 10.2 Å². The molecule has 2 heteroatoms. The first-order chi connectivity index (χ1) is 10.3. The molecular weight excluding hydrogens is 256 g/mol. The van der Waals surface area contributed by atoms with E-state index in [2.05, 4.69) is 59.6 Å². The maximum Gasteiger partial charge on any atom is 0.0346 e. The van der Waals surface area contributed by atoms with Crippen LogP contribution in [0.25, 0.3) is 10.8 Å². The molecule has 1 atom stereocenters.